The maximum Gasteiger partial charge on any atom is 0.254 e. The number of methoxy groups -OCH3 is 1. The Balaban J connectivity index is 1.68. The van der Waals surface area contributed by atoms with Crippen molar-refractivity contribution in [3.8, 4) is 0 Å². The van der Waals surface area contributed by atoms with Gasteiger partial charge < -0.3 is 9.64 Å². The molecule has 0 aliphatic carbocycles. The first-order valence-electron chi connectivity index (χ1n) is 9.27. The Hall–Kier alpha value is -2.73. The minimum atomic E-state index is 0.0115. The van der Waals surface area contributed by atoms with Gasteiger partial charge in [0.1, 0.15) is 0 Å². The summed E-state index contributed by atoms with van der Waals surface area (Å²) in [6.07, 6.45) is 0.937. The Labute approximate surface area is 158 Å². The van der Waals surface area contributed by atoms with Gasteiger partial charge in [0.25, 0.3) is 5.91 Å². The number of hydrogen-bond donors (Lipinski definition) is 0. The van der Waals surface area contributed by atoms with E-state index in [0.717, 1.165) is 40.3 Å². The maximum absolute atomic E-state index is 13.1. The minimum Gasteiger partial charge on any atom is -0.380 e. The van der Waals surface area contributed by atoms with Crippen molar-refractivity contribution in [3.63, 3.8) is 0 Å². The number of carbonyl (C=O) groups excluding carboxylic acids is 1. The molecular weight excluding hydrogens is 340 g/mol. The van der Waals surface area contributed by atoms with Crippen LogP contribution < -0.4 is 0 Å². The molecular formula is C21H24N4O2. The summed E-state index contributed by atoms with van der Waals surface area (Å²) in [4.78, 5) is 19.7. The predicted octanol–water partition coefficient (Wildman–Crippen LogP) is 3.21. The van der Waals surface area contributed by atoms with Gasteiger partial charge in [-0.2, -0.15) is 5.10 Å². The molecule has 27 heavy (non-hydrogen) atoms. The third-order valence-corrected chi connectivity index (χ3v) is 5.38. The van der Waals surface area contributed by atoms with Crippen LogP contribution in [0.5, 0.6) is 0 Å². The molecule has 0 atom stereocenters. The van der Waals surface area contributed by atoms with E-state index in [-0.39, 0.29) is 5.91 Å². The minimum absolute atomic E-state index is 0.0115. The van der Waals surface area contributed by atoms with Crippen LogP contribution in [0.3, 0.4) is 0 Å². The highest BCUT2D eigenvalue weighted by atomic mass is 16.5. The van der Waals surface area contributed by atoms with Crippen LogP contribution in [0, 0.1) is 13.8 Å². The number of nitrogens with zero attached hydrogens (tertiary/aromatic N) is 4. The summed E-state index contributed by atoms with van der Waals surface area (Å²) in [5.41, 5.74) is 7.88. The van der Waals surface area contributed by atoms with Crippen LogP contribution in [-0.2, 0) is 30.9 Å². The Morgan fingerprint density at radius 1 is 1.22 bits per heavy atom. The molecule has 3 heterocycles. The summed E-state index contributed by atoms with van der Waals surface area (Å²) >= 11 is 0. The standard InChI is InChI=1S/C21H24N4O2/c1-5-16-13(2)22-20-18-10-24(11-19(18)23-25(20)14(16)3)21(26)17-9-7-6-8-15(17)12-27-4/h6-9H,5,10-12H2,1-4H3. The third kappa shape index (κ3) is 2.80. The van der Waals surface area contributed by atoms with Gasteiger partial charge in [0.05, 0.1) is 25.4 Å². The first-order valence-corrected chi connectivity index (χ1v) is 9.27. The molecule has 1 aliphatic rings. The molecule has 0 spiro atoms. The number of carbonyl (C=O) groups is 1. The fourth-order valence-corrected chi connectivity index (χ4v) is 4.00. The number of ether oxygens (including phenoxy) is 1. The first kappa shape index (κ1) is 17.7. The van der Waals surface area contributed by atoms with Gasteiger partial charge in [0, 0.05) is 29.6 Å². The van der Waals surface area contributed by atoms with Crippen LogP contribution >= 0.6 is 0 Å². The highest BCUT2D eigenvalue weighted by molar-refractivity contribution is 5.96. The fourth-order valence-electron chi connectivity index (χ4n) is 4.00. The highest BCUT2D eigenvalue weighted by Crippen LogP contribution is 2.29. The summed E-state index contributed by atoms with van der Waals surface area (Å²) < 4.78 is 7.18. The van der Waals surface area contributed by atoms with Crippen LogP contribution in [0.15, 0.2) is 24.3 Å². The zero-order valence-electron chi connectivity index (χ0n) is 16.2. The van der Waals surface area contributed by atoms with Gasteiger partial charge in [0.15, 0.2) is 5.65 Å². The fraction of sp³-hybridized carbons (Fsp3) is 0.381. The molecule has 0 N–H and O–H groups in total. The van der Waals surface area contributed by atoms with Crippen LogP contribution in [0.1, 0.15) is 51.1 Å². The highest BCUT2D eigenvalue weighted by Gasteiger charge is 2.31. The molecule has 0 radical (unpaired) electrons. The van der Waals surface area contributed by atoms with E-state index in [4.69, 9.17) is 14.8 Å². The summed E-state index contributed by atoms with van der Waals surface area (Å²) in [6, 6.07) is 7.61. The predicted molar refractivity (Wildman–Crippen MR) is 103 cm³/mol. The number of hydrogen-bond acceptors (Lipinski definition) is 4. The molecule has 0 saturated heterocycles. The van der Waals surface area contributed by atoms with Gasteiger partial charge in [-0.1, -0.05) is 25.1 Å². The molecule has 0 bridgehead atoms. The van der Waals surface area contributed by atoms with Crippen molar-refractivity contribution in [2.45, 2.75) is 46.9 Å². The molecule has 2 aromatic heterocycles. The molecule has 1 amide bonds. The van der Waals surface area contributed by atoms with Crippen molar-refractivity contribution in [1.82, 2.24) is 19.5 Å². The average molecular weight is 364 g/mol. The Morgan fingerprint density at radius 2 is 2.00 bits per heavy atom. The van der Waals surface area contributed by atoms with Crippen LogP contribution in [0.2, 0.25) is 0 Å². The van der Waals surface area contributed by atoms with E-state index < -0.39 is 0 Å². The van der Waals surface area contributed by atoms with Crippen LogP contribution in [0.25, 0.3) is 5.65 Å². The zero-order valence-corrected chi connectivity index (χ0v) is 16.2. The average Bonchev–Trinajstić information content (AvgIpc) is 3.21. The smallest absolute Gasteiger partial charge is 0.254 e. The van der Waals surface area contributed by atoms with E-state index >= 15 is 0 Å². The Bertz CT molecular complexity index is 1040. The zero-order chi connectivity index (χ0) is 19.1. The lowest BCUT2D eigenvalue weighted by atomic mass is 10.1. The number of fused-ring (bicyclic) bond motifs is 3. The lowest BCUT2D eigenvalue weighted by molar-refractivity contribution is 0.0745. The molecule has 4 rings (SSSR count). The van der Waals surface area contributed by atoms with E-state index in [9.17, 15) is 4.79 Å². The Kier molecular flexibility index (Phi) is 4.44. The molecule has 140 valence electrons. The lowest BCUT2D eigenvalue weighted by Crippen LogP contribution is -2.27. The third-order valence-electron chi connectivity index (χ3n) is 5.38. The van der Waals surface area contributed by atoms with E-state index in [1.54, 1.807) is 7.11 Å². The molecule has 6 nitrogen and oxygen atoms in total. The molecule has 3 aromatic rings. The summed E-state index contributed by atoms with van der Waals surface area (Å²) in [6.45, 7) is 7.75. The molecule has 1 aliphatic heterocycles. The van der Waals surface area contributed by atoms with Crippen molar-refractivity contribution < 1.29 is 9.53 Å². The topological polar surface area (TPSA) is 59.7 Å². The summed E-state index contributed by atoms with van der Waals surface area (Å²) in [5.74, 6) is 0.0115. The van der Waals surface area contributed by atoms with Gasteiger partial charge in [-0.15, -0.1) is 0 Å². The van der Waals surface area contributed by atoms with Crippen molar-refractivity contribution in [2.24, 2.45) is 0 Å². The maximum atomic E-state index is 13.1. The second kappa shape index (κ2) is 6.78. The number of rotatable bonds is 4. The number of aryl methyl sites for hydroxylation is 2. The SMILES string of the molecule is CCc1c(C)nc2c3c(nn2c1C)CN(C(=O)c1ccccc1COC)C3. The van der Waals surface area contributed by atoms with Gasteiger partial charge >= 0.3 is 0 Å². The largest absolute Gasteiger partial charge is 0.380 e. The summed E-state index contributed by atoms with van der Waals surface area (Å²) in [5, 5.41) is 4.76. The van der Waals surface area contributed by atoms with E-state index in [2.05, 4.69) is 13.8 Å². The molecule has 1 aromatic carbocycles. The van der Waals surface area contributed by atoms with Crippen LogP contribution in [0.4, 0.5) is 0 Å². The van der Waals surface area contributed by atoms with Gasteiger partial charge in [0.2, 0.25) is 0 Å². The van der Waals surface area contributed by atoms with Gasteiger partial charge in [-0.25, -0.2) is 9.50 Å². The molecule has 0 saturated carbocycles. The van der Waals surface area contributed by atoms with Gasteiger partial charge in [-0.05, 0) is 37.5 Å². The van der Waals surface area contributed by atoms with Crippen molar-refractivity contribution in [1.29, 1.82) is 0 Å². The lowest BCUT2D eigenvalue weighted by Gasteiger charge is -2.18. The number of benzene rings is 1. The van der Waals surface area contributed by atoms with Crippen molar-refractivity contribution >= 4 is 11.6 Å². The van der Waals surface area contributed by atoms with E-state index in [1.807, 2.05) is 40.6 Å². The molecule has 0 unspecified atom stereocenters. The van der Waals surface area contributed by atoms with Crippen molar-refractivity contribution in [2.75, 3.05) is 7.11 Å². The monoisotopic (exact) mass is 364 g/mol. The normalized spacial score (nSPS) is 13.4. The Morgan fingerprint density at radius 3 is 2.74 bits per heavy atom. The molecule has 6 heteroatoms. The second-order valence-corrected chi connectivity index (χ2v) is 7.03. The quantitative estimate of drug-likeness (QED) is 0.713. The summed E-state index contributed by atoms with van der Waals surface area (Å²) in [7, 11) is 1.64. The van der Waals surface area contributed by atoms with Gasteiger partial charge in [-0.3, -0.25) is 4.79 Å². The van der Waals surface area contributed by atoms with E-state index in [1.165, 1.54) is 5.56 Å². The van der Waals surface area contributed by atoms with Crippen molar-refractivity contribution in [3.05, 3.63) is 63.6 Å². The van der Waals surface area contributed by atoms with E-state index in [0.29, 0.717) is 25.3 Å². The number of amides is 1. The second-order valence-electron chi connectivity index (χ2n) is 7.03. The first-order chi connectivity index (χ1) is 13.0. The molecule has 0 fully saturated rings. The van der Waals surface area contributed by atoms with Crippen LogP contribution in [-0.4, -0.2) is 32.5 Å². The number of aromatic nitrogens is 3.